The zero-order valence-electron chi connectivity index (χ0n) is 6.40. The Kier molecular flexibility index (Phi) is 8.48. The number of aliphatic hydroxyl groups excluding tert-OH is 1. The number of esters is 1. The maximum absolute atomic E-state index is 10.4. The van der Waals surface area contributed by atoms with Gasteiger partial charge in [-0.2, -0.15) is 0 Å². The van der Waals surface area contributed by atoms with Crippen LogP contribution in [-0.2, 0) is 14.3 Å². The molecule has 0 saturated carbocycles. The summed E-state index contributed by atoms with van der Waals surface area (Å²) in [6.45, 7) is -0.393. The van der Waals surface area contributed by atoms with E-state index in [1.54, 1.807) is 0 Å². The molecule has 0 atom stereocenters. The molecule has 70 valence electrons. The number of carboxylic acid groups (broad SMARTS) is 1. The van der Waals surface area contributed by atoms with Gasteiger partial charge in [-0.15, -0.1) is 0 Å². The van der Waals surface area contributed by atoms with Gasteiger partial charge < -0.3 is 21.1 Å². The molecule has 0 aliphatic heterocycles. The summed E-state index contributed by atoms with van der Waals surface area (Å²) >= 11 is 0. The van der Waals surface area contributed by atoms with Crippen molar-refractivity contribution < 1.29 is 24.5 Å². The molecule has 0 aromatic heterocycles. The lowest BCUT2D eigenvalue weighted by Crippen LogP contribution is -2.05. The van der Waals surface area contributed by atoms with Crippen LogP contribution in [-0.4, -0.2) is 35.4 Å². The smallest absolute Gasteiger partial charge is 0.331 e. The third-order valence-corrected chi connectivity index (χ3v) is 0.698. The first-order chi connectivity index (χ1) is 5.16. The lowest BCUT2D eigenvalue weighted by atomic mass is 10.5. The van der Waals surface area contributed by atoms with Crippen LogP contribution in [0.4, 0.5) is 0 Å². The van der Waals surface area contributed by atoms with Gasteiger partial charge in [0, 0.05) is 12.2 Å². The quantitative estimate of drug-likeness (QED) is 0.387. The fourth-order valence-electron chi connectivity index (χ4n) is 0.334. The van der Waals surface area contributed by atoms with E-state index in [0.717, 1.165) is 6.08 Å². The average Bonchev–Trinajstić information content (AvgIpc) is 1.97. The van der Waals surface area contributed by atoms with Gasteiger partial charge in [-0.05, 0) is 0 Å². The summed E-state index contributed by atoms with van der Waals surface area (Å²) in [5, 5.41) is 16.2. The van der Waals surface area contributed by atoms with Gasteiger partial charge in [0.05, 0.1) is 6.61 Å². The molecule has 0 fully saturated rings. The fraction of sp³-hybridized carbons (Fsp3) is 0.333. The Morgan fingerprint density at radius 2 is 1.92 bits per heavy atom. The minimum atomic E-state index is -1.22. The fourth-order valence-corrected chi connectivity index (χ4v) is 0.334. The summed E-state index contributed by atoms with van der Waals surface area (Å²) < 4.78 is 4.30. The Morgan fingerprint density at radius 3 is 2.33 bits per heavy atom. The van der Waals surface area contributed by atoms with Crippen LogP contribution in [0, 0.1) is 0 Å². The first-order valence-corrected chi connectivity index (χ1v) is 2.85. The van der Waals surface area contributed by atoms with Crippen molar-refractivity contribution >= 4 is 11.9 Å². The van der Waals surface area contributed by atoms with Gasteiger partial charge in [0.1, 0.15) is 6.61 Å². The molecule has 0 aromatic rings. The first kappa shape index (κ1) is 13.2. The van der Waals surface area contributed by atoms with Crippen molar-refractivity contribution in [2.45, 2.75) is 0 Å². The number of aliphatic carboxylic acids is 1. The van der Waals surface area contributed by atoms with Gasteiger partial charge in [-0.25, -0.2) is 9.59 Å². The summed E-state index contributed by atoms with van der Waals surface area (Å²) in [5.74, 6) is -1.99. The van der Waals surface area contributed by atoms with E-state index < -0.39 is 11.9 Å². The first-order valence-electron chi connectivity index (χ1n) is 2.85. The van der Waals surface area contributed by atoms with E-state index in [0.29, 0.717) is 6.08 Å². The molecular weight excluding hydrogens is 166 g/mol. The molecule has 0 saturated heterocycles. The molecule has 0 heterocycles. The third kappa shape index (κ3) is 8.60. The minimum Gasteiger partial charge on any atom is -0.478 e. The number of carbonyl (C=O) groups is 2. The molecule has 0 rings (SSSR count). The second-order valence-electron chi connectivity index (χ2n) is 1.56. The van der Waals surface area contributed by atoms with Crippen molar-refractivity contribution in [3.05, 3.63) is 12.2 Å². The van der Waals surface area contributed by atoms with Crippen LogP contribution in [0.15, 0.2) is 12.2 Å². The van der Waals surface area contributed by atoms with E-state index in [-0.39, 0.29) is 19.4 Å². The normalized spacial score (nSPS) is 9.08. The van der Waals surface area contributed by atoms with Crippen LogP contribution in [0.2, 0.25) is 0 Å². The van der Waals surface area contributed by atoms with Crippen LogP contribution in [0.1, 0.15) is 0 Å². The van der Waals surface area contributed by atoms with Crippen molar-refractivity contribution in [2.75, 3.05) is 13.2 Å². The van der Waals surface area contributed by atoms with Crippen LogP contribution in [0.25, 0.3) is 0 Å². The van der Waals surface area contributed by atoms with E-state index >= 15 is 0 Å². The minimum absolute atomic E-state index is 0. The lowest BCUT2D eigenvalue weighted by Gasteiger charge is -1.95. The Balaban J connectivity index is 0. The van der Waals surface area contributed by atoms with E-state index in [9.17, 15) is 9.59 Å². The number of aliphatic hydroxyl groups is 1. The molecule has 0 aromatic carbocycles. The number of rotatable bonds is 4. The van der Waals surface area contributed by atoms with E-state index in [2.05, 4.69) is 4.74 Å². The molecule has 0 spiro atoms. The molecule has 0 bridgehead atoms. The summed E-state index contributed by atoms with van der Waals surface area (Å²) in [7, 11) is 0. The number of ether oxygens (including phenoxy) is 1. The van der Waals surface area contributed by atoms with Crippen LogP contribution in [0.5, 0.6) is 0 Å². The molecule has 6 nitrogen and oxygen atoms in total. The van der Waals surface area contributed by atoms with Crippen molar-refractivity contribution in [3.8, 4) is 0 Å². The van der Waals surface area contributed by atoms with Crippen molar-refractivity contribution in [1.29, 1.82) is 0 Å². The number of hydrogen-bond acceptors (Lipinski definition) is 5. The molecule has 0 aliphatic rings. The van der Waals surface area contributed by atoms with Gasteiger partial charge in [0.25, 0.3) is 0 Å². The van der Waals surface area contributed by atoms with Crippen molar-refractivity contribution in [2.24, 2.45) is 0 Å². The summed E-state index contributed by atoms with van der Waals surface area (Å²) in [5.41, 5.74) is 0. The molecule has 0 amide bonds. The zero-order chi connectivity index (χ0) is 8.69. The van der Waals surface area contributed by atoms with Gasteiger partial charge in [0.2, 0.25) is 0 Å². The lowest BCUT2D eigenvalue weighted by molar-refractivity contribution is -0.139. The highest BCUT2D eigenvalue weighted by atomic mass is 16.5. The highest BCUT2D eigenvalue weighted by Gasteiger charge is 1.95. The molecule has 0 unspecified atom stereocenters. The number of hydrogen-bond donors (Lipinski definition) is 3. The maximum Gasteiger partial charge on any atom is 0.331 e. The molecular formula is C6H11NO5. The van der Waals surface area contributed by atoms with Gasteiger partial charge >= 0.3 is 11.9 Å². The van der Waals surface area contributed by atoms with Crippen molar-refractivity contribution in [3.63, 3.8) is 0 Å². The average molecular weight is 177 g/mol. The van der Waals surface area contributed by atoms with E-state index in [1.165, 1.54) is 0 Å². The van der Waals surface area contributed by atoms with Gasteiger partial charge in [-0.1, -0.05) is 0 Å². The highest BCUT2D eigenvalue weighted by molar-refractivity contribution is 5.90. The van der Waals surface area contributed by atoms with Crippen molar-refractivity contribution in [1.82, 2.24) is 6.15 Å². The Morgan fingerprint density at radius 1 is 1.33 bits per heavy atom. The maximum atomic E-state index is 10.4. The van der Waals surface area contributed by atoms with E-state index in [4.69, 9.17) is 10.2 Å². The van der Waals surface area contributed by atoms with Crippen LogP contribution < -0.4 is 6.15 Å². The summed E-state index contributed by atoms with van der Waals surface area (Å²) in [4.78, 5) is 20.3. The van der Waals surface area contributed by atoms with Gasteiger partial charge in [-0.3, -0.25) is 0 Å². The number of carboxylic acids is 1. The monoisotopic (exact) mass is 177 g/mol. The largest absolute Gasteiger partial charge is 0.478 e. The molecule has 5 N–H and O–H groups in total. The predicted octanol–water partition coefficient (Wildman–Crippen LogP) is -0.675. The van der Waals surface area contributed by atoms with Gasteiger partial charge in [0.15, 0.2) is 0 Å². The predicted molar refractivity (Wildman–Crippen MR) is 39.8 cm³/mol. The standard InChI is InChI=1S/C6H8O5.H3N/c7-3-4-11-6(10)2-1-5(8)9;/h1-2,7H,3-4H2,(H,8,9);1H3/b2-1+;. The van der Waals surface area contributed by atoms with Crippen LogP contribution in [0.3, 0.4) is 0 Å². The van der Waals surface area contributed by atoms with Crippen LogP contribution >= 0.6 is 0 Å². The Labute approximate surface area is 69.0 Å². The SMILES string of the molecule is N.O=C(O)/C=C/C(=O)OCCO. The Bertz CT molecular complexity index is 177. The summed E-state index contributed by atoms with van der Waals surface area (Å²) in [6.07, 6.45) is 1.44. The molecule has 0 radical (unpaired) electrons. The third-order valence-electron chi connectivity index (χ3n) is 0.698. The molecule has 6 heteroatoms. The number of carbonyl (C=O) groups excluding carboxylic acids is 1. The Hall–Kier alpha value is -1.40. The second-order valence-corrected chi connectivity index (χ2v) is 1.56. The molecule has 0 aliphatic carbocycles. The zero-order valence-corrected chi connectivity index (χ0v) is 6.40. The molecule has 12 heavy (non-hydrogen) atoms. The highest BCUT2D eigenvalue weighted by Crippen LogP contribution is 1.80. The van der Waals surface area contributed by atoms with E-state index in [1.807, 2.05) is 0 Å². The second kappa shape index (κ2) is 7.70. The topological polar surface area (TPSA) is 119 Å². The summed E-state index contributed by atoms with van der Waals surface area (Å²) in [6, 6.07) is 0.